The number of benzene rings is 2. The minimum absolute atomic E-state index is 0.529. The zero-order valence-corrected chi connectivity index (χ0v) is 11.8. The second-order valence-electron chi connectivity index (χ2n) is 4.66. The van der Waals surface area contributed by atoms with Crippen molar-refractivity contribution in [1.29, 1.82) is 0 Å². The average Bonchev–Trinajstić information content (AvgIpc) is 2.84. The van der Waals surface area contributed by atoms with E-state index in [1.165, 1.54) is 0 Å². The van der Waals surface area contributed by atoms with Crippen molar-refractivity contribution in [3.8, 4) is 11.4 Å². The molecule has 0 aliphatic heterocycles. The van der Waals surface area contributed by atoms with Crippen LogP contribution >= 0.6 is 12.2 Å². The molecule has 0 atom stereocenters. The molecule has 2 aromatic carbocycles. The number of imidazole rings is 1. The summed E-state index contributed by atoms with van der Waals surface area (Å²) in [6, 6.07) is 18.3. The van der Waals surface area contributed by atoms with E-state index in [9.17, 15) is 0 Å². The first-order chi connectivity index (χ1) is 9.75. The van der Waals surface area contributed by atoms with E-state index in [4.69, 9.17) is 22.9 Å². The number of para-hydroxylation sites is 2. The van der Waals surface area contributed by atoms with E-state index >= 15 is 0 Å². The van der Waals surface area contributed by atoms with Crippen molar-refractivity contribution in [3.63, 3.8) is 0 Å². The number of hydrogen-bond acceptors (Lipinski definition) is 2. The lowest BCUT2D eigenvalue weighted by atomic mass is 10.2. The molecule has 3 nitrogen and oxygen atoms in total. The number of thiocarbonyl (C=S) groups is 1. The molecular weight excluding hydrogens is 266 g/mol. The summed E-state index contributed by atoms with van der Waals surface area (Å²) in [5.41, 5.74) is 8.85. The van der Waals surface area contributed by atoms with Crippen LogP contribution in [-0.2, 0) is 6.54 Å². The van der Waals surface area contributed by atoms with Crippen molar-refractivity contribution in [2.45, 2.75) is 13.0 Å². The third kappa shape index (κ3) is 2.42. The molecular formula is C16H15N3S. The Morgan fingerprint density at radius 2 is 1.75 bits per heavy atom. The minimum Gasteiger partial charge on any atom is -0.393 e. The Balaban J connectivity index is 2.15. The quantitative estimate of drug-likeness (QED) is 0.746. The molecule has 4 heteroatoms. The molecule has 20 heavy (non-hydrogen) atoms. The molecule has 0 bridgehead atoms. The van der Waals surface area contributed by atoms with Gasteiger partial charge in [0.2, 0.25) is 0 Å². The maximum atomic E-state index is 5.64. The van der Waals surface area contributed by atoms with Crippen LogP contribution < -0.4 is 5.73 Å². The van der Waals surface area contributed by atoms with Crippen molar-refractivity contribution in [2.24, 2.45) is 5.73 Å². The number of fused-ring (bicyclic) bond motifs is 1. The van der Waals surface area contributed by atoms with Gasteiger partial charge in [-0.25, -0.2) is 4.98 Å². The predicted molar refractivity (Wildman–Crippen MR) is 86.6 cm³/mol. The standard InChI is InChI=1S/C16H15N3S/c17-15(20)10-11-19-14-9-5-4-8-13(14)18-16(19)12-6-2-1-3-7-12/h1-9H,10-11H2,(H2,17,20). The highest BCUT2D eigenvalue weighted by Crippen LogP contribution is 2.24. The molecule has 0 saturated carbocycles. The van der Waals surface area contributed by atoms with Crippen LogP contribution in [0, 0.1) is 0 Å². The van der Waals surface area contributed by atoms with Crippen LogP contribution in [0.2, 0.25) is 0 Å². The number of nitrogens with two attached hydrogens (primary N) is 1. The van der Waals surface area contributed by atoms with Gasteiger partial charge in [0.25, 0.3) is 0 Å². The topological polar surface area (TPSA) is 43.8 Å². The summed E-state index contributed by atoms with van der Waals surface area (Å²) in [5.74, 6) is 0.961. The van der Waals surface area contributed by atoms with Gasteiger partial charge in [0.05, 0.1) is 16.0 Å². The fourth-order valence-corrected chi connectivity index (χ4v) is 2.42. The normalized spacial score (nSPS) is 10.8. The highest BCUT2D eigenvalue weighted by Gasteiger charge is 2.11. The molecule has 0 aliphatic carbocycles. The number of hydrogen-bond donors (Lipinski definition) is 1. The third-order valence-electron chi connectivity index (χ3n) is 3.27. The maximum absolute atomic E-state index is 5.64. The lowest BCUT2D eigenvalue weighted by Gasteiger charge is -2.08. The summed E-state index contributed by atoms with van der Waals surface area (Å²) in [4.78, 5) is 5.27. The zero-order chi connectivity index (χ0) is 13.9. The number of aromatic nitrogens is 2. The van der Waals surface area contributed by atoms with Crippen molar-refractivity contribution in [1.82, 2.24) is 9.55 Å². The fraction of sp³-hybridized carbons (Fsp3) is 0.125. The van der Waals surface area contributed by atoms with Gasteiger partial charge in [-0.05, 0) is 12.1 Å². The average molecular weight is 281 g/mol. The molecule has 0 aliphatic rings. The molecule has 0 saturated heterocycles. The van der Waals surface area contributed by atoms with Crippen molar-refractivity contribution in [3.05, 3.63) is 54.6 Å². The Kier molecular flexibility index (Phi) is 3.48. The monoisotopic (exact) mass is 281 g/mol. The van der Waals surface area contributed by atoms with E-state index in [0.29, 0.717) is 11.4 Å². The first-order valence-electron chi connectivity index (χ1n) is 6.55. The predicted octanol–water partition coefficient (Wildman–Crippen LogP) is 3.38. The Morgan fingerprint density at radius 1 is 1.05 bits per heavy atom. The van der Waals surface area contributed by atoms with Crippen LogP contribution in [0.3, 0.4) is 0 Å². The summed E-state index contributed by atoms with van der Waals surface area (Å²) in [7, 11) is 0. The van der Waals surface area contributed by atoms with Gasteiger partial charge in [0.15, 0.2) is 0 Å². The molecule has 1 aromatic heterocycles. The largest absolute Gasteiger partial charge is 0.393 e. The smallest absolute Gasteiger partial charge is 0.141 e. The second kappa shape index (κ2) is 5.43. The van der Waals surface area contributed by atoms with E-state index in [2.05, 4.69) is 22.8 Å². The highest BCUT2D eigenvalue weighted by atomic mass is 32.1. The van der Waals surface area contributed by atoms with Crippen LogP contribution in [-0.4, -0.2) is 14.5 Å². The van der Waals surface area contributed by atoms with Crippen LogP contribution in [0.5, 0.6) is 0 Å². The highest BCUT2D eigenvalue weighted by molar-refractivity contribution is 7.80. The molecule has 100 valence electrons. The zero-order valence-electron chi connectivity index (χ0n) is 11.0. The molecule has 1 heterocycles. The van der Waals surface area contributed by atoms with Gasteiger partial charge in [-0.2, -0.15) is 0 Å². The van der Waals surface area contributed by atoms with Gasteiger partial charge in [-0.1, -0.05) is 54.7 Å². The second-order valence-corrected chi connectivity index (χ2v) is 5.18. The maximum Gasteiger partial charge on any atom is 0.141 e. The summed E-state index contributed by atoms with van der Waals surface area (Å²) in [5, 5.41) is 0. The van der Waals surface area contributed by atoms with E-state index in [1.807, 2.05) is 36.4 Å². The Labute approximate surface area is 123 Å². The number of aryl methyl sites for hydroxylation is 1. The lowest BCUT2D eigenvalue weighted by molar-refractivity contribution is 0.757. The Hall–Kier alpha value is -2.20. The Bertz CT molecular complexity index is 747. The molecule has 0 amide bonds. The van der Waals surface area contributed by atoms with Gasteiger partial charge in [0, 0.05) is 18.5 Å². The molecule has 0 spiro atoms. The fourth-order valence-electron chi connectivity index (χ4n) is 2.33. The summed E-state index contributed by atoms with van der Waals surface area (Å²) in [6.07, 6.45) is 0.676. The van der Waals surface area contributed by atoms with E-state index < -0.39 is 0 Å². The van der Waals surface area contributed by atoms with Crippen molar-refractivity contribution < 1.29 is 0 Å². The Morgan fingerprint density at radius 3 is 2.50 bits per heavy atom. The summed E-state index contributed by atoms with van der Waals surface area (Å²) < 4.78 is 2.18. The first-order valence-corrected chi connectivity index (χ1v) is 6.95. The van der Waals surface area contributed by atoms with E-state index in [1.54, 1.807) is 0 Å². The minimum atomic E-state index is 0.529. The first kappa shape index (κ1) is 12.8. The van der Waals surface area contributed by atoms with Crippen molar-refractivity contribution >= 4 is 28.2 Å². The number of nitrogens with zero attached hydrogens (tertiary/aromatic N) is 2. The molecule has 3 aromatic rings. The third-order valence-corrected chi connectivity index (χ3v) is 3.47. The van der Waals surface area contributed by atoms with Crippen LogP contribution in [0.1, 0.15) is 6.42 Å². The molecule has 0 unspecified atom stereocenters. The van der Waals surface area contributed by atoms with Gasteiger partial charge < -0.3 is 10.3 Å². The summed E-state index contributed by atoms with van der Waals surface area (Å²) in [6.45, 7) is 0.750. The van der Waals surface area contributed by atoms with Crippen LogP contribution in [0.15, 0.2) is 54.6 Å². The van der Waals surface area contributed by atoms with Crippen LogP contribution in [0.25, 0.3) is 22.4 Å². The van der Waals surface area contributed by atoms with Crippen molar-refractivity contribution in [2.75, 3.05) is 0 Å². The van der Waals surface area contributed by atoms with Gasteiger partial charge in [0.1, 0.15) is 5.82 Å². The van der Waals surface area contributed by atoms with Crippen LogP contribution in [0.4, 0.5) is 0 Å². The van der Waals surface area contributed by atoms with Gasteiger partial charge in [-0.3, -0.25) is 0 Å². The molecule has 0 radical (unpaired) electrons. The SMILES string of the molecule is NC(=S)CCn1c(-c2ccccc2)nc2ccccc21. The van der Waals surface area contributed by atoms with Gasteiger partial charge in [-0.15, -0.1) is 0 Å². The van der Waals surface area contributed by atoms with E-state index in [0.717, 1.165) is 29.0 Å². The van der Waals surface area contributed by atoms with E-state index in [-0.39, 0.29) is 0 Å². The lowest BCUT2D eigenvalue weighted by Crippen LogP contribution is -2.12. The number of rotatable bonds is 4. The molecule has 0 fully saturated rings. The molecule has 2 N–H and O–H groups in total. The molecule has 3 rings (SSSR count). The summed E-state index contributed by atoms with van der Waals surface area (Å²) >= 11 is 5.00. The van der Waals surface area contributed by atoms with Gasteiger partial charge >= 0.3 is 0 Å².